The first-order valence-electron chi connectivity index (χ1n) is 9.95. The maximum atomic E-state index is 12.8. The van der Waals surface area contributed by atoms with E-state index in [0.29, 0.717) is 12.8 Å². The van der Waals surface area contributed by atoms with E-state index in [9.17, 15) is 4.79 Å². The monoisotopic (exact) mass is 373 g/mol. The number of rotatable bonds is 6. The summed E-state index contributed by atoms with van der Waals surface area (Å²) < 4.78 is 0. The maximum Gasteiger partial charge on any atom is 0.235 e. The standard InChI is InChI=1S/C24H27N3O/c1-2-13-24(21-11-6-7-12-22(21)25-23(24)28)14-8-15-26-16-18-27(19-17-26)20-9-4-3-5-10-20/h2-12,15H,1,13-14,16-19H2,(H,25,28). The lowest BCUT2D eigenvalue weighted by Gasteiger charge is -2.35. The largest absolute Gasteiger partial charge is 0.374 e. The highest BCUT2D eigenvalue weighted by atomic mass is 16.2. The van der Waals surface area contributed by atoms with Crippen LogP contribution < -0.4 is 10.2 Å². The molecule has 144 valence electrons. The van der Waals surface area contributed by atoms with Gasteiger partial charge in [-0.3, -0.25) is 4.79 Å². The van der Waals surface area contributed by atoms with Crippen LogP contribution in [-0.4, -0.2) is 37.0 Å². The third-order valence-electron chi connectivity index (χ3n) is 5.84. The van der Waals surface area contributed by atoms with Gasteiger partial charge >= 0.3 is 0 Å². The van der Waals surface area contributed by atoms with Crippen molar-refractivity contribution in [2.24, 2.45) is 0 Å². The highest BCUT2D eigenvalue weighted by Crippen LogP contribution is 2.43. The predicted molar refractivity (Wildman–Crippen MR) is 116 cm³/mol. The zero-order chi connectivity index (χ0) is 19.4. The molecular formula is C24H27N3O. The van der Waals surface area contributed by atoms with E-state index in [1.54, 1.807) is 0 Å². The number of hydrogen-bond acceptors (Lipinski definition) is 3. The first-order chi connectivity index (χ1) is 13.7. The minimum Gasteiger partial charge on any atom is -0.374 e. The van der Waals surface area contributed by atoms with Gasteiger partial charge in [0.05, 0.1) is 5.41 Å². The molecule has 0 bridgehead atoms. The zero-order valence-corrected chi connectivity index (χ0v) is 16.2. The number of carbonyl (C=O) groups is 1. The summed E-state index contributed by atoms with van der Waals surface area (Å²) in [7, 11) is 0. The van der Waals surface area contributed by atoms with Crippen LogP contribution in [0.3, 0.4) is 0 Å². The minimum atomic E-state index is -0.541. The van der Waals surface area contributed by atoms with Crippen molar-refractivity contribution in [1.29, 1.82) is 0 Å². The molecule has 2 aliphatic heterocycles. The van der Waals surface area contributed by atoms with Crippen molar-refractivity contribution in [2.45, 2.75) is 18.3 Å². The van der Waals surface area contributed by atoms with Crippen LogP contribution >= 0.6 is 0 Å². The van der Waals surface area contributed by atoms with Crippen molar-refractivity contribution < 1.29 is 4.79 Å². The summed E-state index contributed by atoms with van der Waals surface area (Å²) in [6.45, 7) is 7.89. The Hall–Kier alpha value is -3.01. The van der Waals surface area contributed by atoms with Crippen LogP contribution in [-0.2, 0) is 10.2 Å². The summed E-state index contributed by atoms with van der Waals surface area (Å²) in [4.78, 5) is 17.6. The fourth-order valence-corrected chi connectivity index (χ4v) is 4.28. The first-order valence-corrected chi connectivity index (χ1v) is 9.95. The van der Waals surface area contributed by atoms with Crippen molar-refractivity contribution in [3.63, 3.8) is 0 Å². The molecule has 2 aromatic rings. The van der Waals surface area contributed by atoms with Gasteiger partial charge in [0.25, 0.3) is 0 Å². The molecule has 1 atom stereocenters. The Morgan fingerprint density at radius 3 is 2.43 bits per heavy atom. The molecule has 0 aromatic heterocycles. The molecule has 2 heterocycles. The van der Waals surface area contributed by atoms with Crippen molar-refractivity contribution in [3.05, 3.63) is 85.1 Å². The molecule has 28 heavy (non-hydrogen) atoms. The van der Waals surface area contributed by atoms with Gasteiger partial charge in [-0.1, -0.05) is 48.6 Å². The first kappa shape index (κ1) is 18.4. The molecule has 0 saturated carbocycles. The highest BCUT2D eigenvalue weighted by molar-refractivity contribution is 6.06. The molecule has 1 unspecified atom stereocenters. The number of fused-ring (bicyclic) bond motifs is 1. The number of carbonyl (C=O) groups excluding carboxylic acids is 1. The molecule has 1 amide bonds. The van der Waals surface area contributed by atoms with Crippen LogP contribution in [0.25, 0.3) is 0 Å². The molecule has 1 saturated heterocycles. The number of amides is 1. The van der Waals surface area contributed by atoms with Crippen LogP contribution in [0.5, 0.6) is 0 Å². The average molecular weight is 374 g/mol. The lowest BCUT2D eigenvalue weighted by molar-refractivity contribution is -0.120. The molecule has 4 rings (SSSR count). The molecule has 0 aliphatic carbocycles. The lowest BCUT2D eigenvalue weighted by Crippen LogP contribution is -2.44. The Morgan fingerprint density at radius 1 is 0.964 bits per heavy atom. The van der Waals surface area contributed by atoms with E-state index in [1.807, 2.05) is 24.3 Å². The molecule has 1 fully saturated rings. The number of nitrogens with zero attached hydrogens (tertiary/aromatic N) is 2. The topological polar surface area (TPSA) is 35.6 Å². The molecule has 4 nitrogen and oxygen atoms in total. The van der Waals surface area contributed by atoms with Gasteiger partial charge in [-0.05, 0) is 42.8 Å². The number of allylic oxidation sites excluding steroid dienone is 2. The van der Waals surface area contributed by atoms with Gasteiger partial charge in [-0.2, -0.15) is 0 Å². The van der Waals surface area contributed by atoms with Crippen molar-refractivity contribution in [3.8, 4) is 0 Å². The maximum absolute atomic E-state index is 12.8. The minimum absolute atomic E-state index is 0.0761. The molecule has 4 heteroatoms. The second-order valence-electron chi connectivity index (χ2n) is 7.52. The van der Waals surface area contributed by atoms with Gasteiger partial charge in [0, 0.05) is 37.6 Å². The summed E-state index contributed by atoms with van der Waals surface area (Å²) in [6.07, 6.45) is 7.50. The summed E-state index contributed by atoms with van der Waals surface area (Å²) in [5.41, 5.74) is 2.76. The second kappa shape index (κ2) is 7.93. The number of piperazine rings is 1. The van der Waals surface area contributed by atoms with Gasteiger partial charge in [0.2, 0.25) is 5.91 Å². The van der Waals surface area contributed by atoms with Gasteiger partial charge < -0.3 is 15.1 Å². The third kappa shape index (κ3) is 3.42. The number of para-hydroxylation sites is 2. The van der Waals surface area contributed by atoms with Crippen LogP contribution in [0.15, 0.2) is 79.5 Å². The number of benzene rings is 2. The molecule has 1 N–H and O–H groups in total. The summed E-state index contributed by atoms with van der Waals surface area (Å²) in [5.74, 6) is 0.0761. The summed E-state index contributed by atoms with van der Waals surface area (Å²) >= 11 is 0. The molecule has 2 aromatic carbocycles. The Balaban J connectivity index is 1.41. The second-order valence-corrected chi connectivity index (χ2v) is 7.52. The van der Waals surface area contributed by atoms with E-state index in [-0.39, 0.29) is 5.91 Å². The van der Waals surface area contributed by atoms with Crippen LogP contribution in [0.4, 0.5) is 11.4 Å². The SMILES string of the molecule is C=CCC1(CC=CN2CCN(c3ccccc3)CC2)C(=O)Nc2ccccc21. The van der Waals surface area contributed by atoms with Crippen molar-refractivity contribution in [2.75, 3.05) is 36.4 Å². The molecule has 2 aliphatic rings. The normalized spacial score (nSPS) is 21.6. The van der Waals surface area contributed by atoms with Crippen LogP contribution in [0, 0.1) is 0 Å². The Kier molecular flexibility index (Phi) is 5.20. The van der Waals surface area contributed by atoms with Crippen molar-refractivity contribution >= 4 is 17.3 Å². The number of anilines is 2. The fourth-order valence-electron chi connectivity index (χ4n) is 4.28. The van der Waals surface area contributed by atoms with Crippen LogP contribution in [0.1, 0.15) is 18.4 Å². The Morgan fingerprint density at radius 2 is 1.68 bits per heavy atom. The van der Waals surface area contributed by atoms with Gasteiger partial charge in [0.1, 0.15) is 0 Å². The predicted octanol–water partition coefficient (Wildman–Crippen LogP) is 4.18. The van der Waals surface area contributed by atoms with E-state index >= 15 is 0 Å². The third-order valence-corrected chi connectivity index (χ3v) is 5.84. The molecular weight excluding hydrogens is 346 g/mol. The lowest BCUT2D eigenvalue weighted by atomic mass is 9.76. The summed E-state index contributed by atoms with van der Waals surface area (Å²) in [6, 6.07) is 18.6. The fraction of sp³-hybridized carbons (Fsp3) is 0.292. The van der Waals surface area contributed by atoms with Crippen LogP contribution in [0.2, 0.25) is 0 Å². The smallest absolute Gasteiger partial charge is 0.235 e. The van der Waals surface area contributed by atoms with E-state index in [1.165, 1.54) is 5.69 Å². The van der Waals surface area contributed by atoms with E-state index in [2.05, 4.69) is 70.4 Å². The van der Waals surface area contributed by atoms with Crippen molar-refractivity contribution in [1.82, 2.24) is 4.90 Å². The van der Waals surface area contributed by atoms with E-state index in [4.69, 9.17) is 0 Å². The quantitative estimate of drug-likeness (QED) is 0.772. The number of nitrogens with one attached hydrogen (secondary N) is 1. The van der Waals surface area contributed by atoms with Gasteiger partial charge in [0.15, 0.2) is 0 Å². The van der Waals surface area contributed by atoms with Gasteiger partial charge in [-0.25, -0.2) is 0 Å². The van der Waals surface area contributed by atoms with Gasteiger partial charge in [-0.15, -0.1) is 6.58 Å². The Labute approximate surface area is 167 Å². The number of hydrogen-bond donors (Lipinski definition) is 1. The van der Waals surface area contributed by atoms with E-state index < -0.39 is 5.41 Å². The Bertz CT molecular complexity index is 868. The zero-order valence-electron chi connectivity index (χ0n) is 16.2. The average Bonchev–Trinajstić information content (AvgIpc) is 3.01. The summed E-state index contributed by atoms with van der Waals surface area (Å²) in [5, 5.41) is 3.04. The molecule has 0 spiro atoms. The highest BCUT2D eigenvalue weighted by Gasteiger charge is 2.44. The van der Waals surface area contributed by atoms with E-state index in [0.717, 1.165) is 37.4 Å². The molecule has 0 radical (unpaired) electrons.